The van der Waals surface area contributed by atoms with Crippen LogP contribution in [0.2, 0.25) is 0 Å². The number of halogens is 1. The molecular weight excluding hydrogens is 560 g/mol. The molecule has 0 aliphatic heterocycles. The van der Waals surface area contributed by atoms with Gasteiger partial charge in [-0.1, -0.05) is 72.8 Å². The van der Waals surface area contributed by atoms with E-state index >= 15 is 4.39 Å². The van der Waals surface area contributed by atoms with E-state index < -0.39 is 36.1 Å². The van der Waals surface area contributed by atoms with E-state index in [1.165, 1.54) is 0 Å². The van der Waals surface area contributed by atoms with E-state index in [4.69, 9.17) is 4.74 Å². The predicted molar refractivity (Wildman–Crippen MR) is 167 cm³/mol. The number of carbonyl (C=O) groups is 2. The second kappa shape index (κ2) is 11.9. The molecule has 210 valence electrons. The summed E-state index contributed by atoms with van der Waals surface area (Å²) in [4.78, 5) is 27.1. The van der Waals surface area contributed by atoms with Crippen molar-refractivity contribution in [2.75, 3.05) is 5.32 Å². The first-order chi connectivity index (χ1) is 21.0. The molecule has 43 heavy (non-hydrogen) atoms. The maximum Gasteiger partial charge on any atom is 0.271 e. The minimum atomic E-state index is -3.26. The maximum atomic E-state index is 15.6. The van der Waals surface area contributed by atoms with Crippen LogP contribution in [-0.4, -0.2) is 11.6 Å². The number of hydrogen-bond acceptors (Lipinski definition) is 5. The van der Waals surface area contributed by atoms with Gasteiger partial charge < -0.3 is 15.2 Å². The average molecular weight is 586 g/mol. The van der Waals surface area contributed by atoms with Gasteiger partial charge in [-0.2, -0.15) is 0 Å². The van der Waals surface area contributed by atoms with Crippen molar-refractivity contribution in [3.63, 3.8) is 0 Å². The molecule has 1 N–H and O–H groups in total. The molecule has 5 aromatic rings. The van der Waals surface area contributed by atoms with E-state index in [1.807, 2.05) is 121 Å². The predicted octanol–water partition coefficient (Wildman–Crippen LogP) is 5.79. The number of nitrogens with one attached hydrogen (secondary N) is 1. The zero-order valence-corrected chi connectivity index (χ0v) is 23.7. The van der Waals surface area contributed by atoms with E-state index in [0.29, 0.717) is 33.1 Å². The first kappa shape index (κ1) is 27.8. The smallest absolute Gasteiger partial charge is 0.271 e. The van der Waals surface area contributed by atoms with Gasteiger partial charge >= 0.3 is 0 Å². The molecule has 1 aliphatic carbocycles. The molecule has 0 unspecified atom stereocenters. The van der Waals surface area contributed by atoms with Gasteiger partial charge in [0.05, 0.1) is 5.70 Å². The molecule has 0 heterocycles. The van der Waals surface area contributed by atoms with Crippen molar-refractivity contribution in [1.29, 1.82) is 0 Å². The van der Waals surface area contributed by atoms with Gasteiger partial charge in [0.1, 0.15) is 34.7 Å². The van der Waals surface area contributed by atoms with Crippen LogP contribution in [0.25, 0.3) is 0 Å². The lowest BCUT2D eigenvalue weighted by molar-refractivity contribution is -0.298. The lowest BCUT2D eigenvalue weighted by Gasteiger charge is -2.34. The number of anilines is 1. The number of rotatable bonds is 8. The van der Waals surface area contributed by atoms with Crippen LogP contribution in [0.5, 0.6) is 11.5 Å². The molecule has 0 radical (unpaired) electrons. The molecule has 1 aliphatic rings. The van der Waals surface area contributed by atoms with Gasteiger partial charge in [-0.05, 0) is 78.6 Å². The van der Waals surface area contributed by atoms with Crippen LogP contribution in [0.1, 0.15) is 0 Å². The summed E-state index contributed by atoms with van der Waals surface area (Å²) in [5.74, 6) is -3.57. The molecule has 7 heteroatoms. The summed E-state index contributed by atoms with van der Waals surface area (Å²) in [5.41, 5.74) is -0.216. The van der Waals surface area contributed by atoms with Gasteiger partial charge in [0.15, 0.2) is 11.1 Å². The molecule has 5 nitrogen and oxygen atoms in total. The summed E-state index contributed by atoms with van der Waals surface area (Å²) in [7, 11) is -3.26. The highest BCUT2D eigenvalue weighted by Crippen LogP contribution is 2.64. The topological polar surface area (TPSA) is 78.5 Å². The van der Waals surface area contributed by atoms with Gasteiger partial charge in [0.2, 0.25) is 0 Å². The first-order valence-corrected chi connectivity index (χ1v) is 15.4. The number of Topliss-reactive ketones (excluding diaryl/α,β-unsaturated/α-hetero) is 2. The van der Waals surface area contributed by atoms with E-state index in [9.17, 15) is 14.7 Å². The quantitative estimate of drug-likeness (QED) is 0.142. The summed E-state index contributed by atoms with van der Waals surface area (Å²) in [6.45, 7) is 0. The lowest BCUT2D eigenvalue weighted by Crippen LogP contribution is -2.41. The van der Waals surface area contributed by atoms with E-state index in [-0.39, 0.29) is 5.31 Å². The Morgan fingerprint density at radius 1 is 0.558 bits per heavy atom. The summed E-state index contributed by atoms with van der Waals surface area (Å²) in [6.07, 6.45) is 0. The van der Waals surface area contributed by atoms with Gasteiger partial charge in [-0.15, -0.1) is 0 Å². The molecule has 0 saturated heterocycles. The first-order valence-electron chi connectivity index (χ1n) is 13.6. The van der Waals surface area contributed by atoms with Crippen molar-refractivity contribution in [3.05, 3.63) is 168 Å². The number of para-hydroxylation sites is 1. The Bertz CT molecular complexity index is 1740. The highest BCUT2D eigenvalue weighted by molar-refractivity contribution is 8.00. The van der Waals surface area contributed by atoms with Crippen molar-refractivity contribution in [2.45, 2.75) is 0 Å². The standard InChI is InChI=1S/C36H25FNO4P/c37-31-32(38-25-21-23-27(24-22-25)42-26-13-5-1-6-14-26)34(40)36(35(41)33(31)39)43(28-15-7-2-8-16-28,29-17-9-3-10-18-29)30-19-11-4-12-20-30/h1-24H,(H-,38,39,40,41). The largest absolute Gasteiger partial charge is 0.868 e. The summed E-state index contributed by atoms with van der Waals surface area (Å²) in [6, 6.07) is 43.3. The van der Waals surface area contributed by atoms with Crippen LogP contribution in [0.3, 0.4) is 0 Å². The molecule has 0 spiro atoms. The summed E-state index contributed by atoms with van der Waals surface area (Å²) in [5, 5.41) is 19.1. The molecule has 0 amide bonds. The Balaban J connectivity index is 1.51. The number of hydrogen-bond donors (Lipinski definition) is 1. The number of carbonyl (C=O) groups excluding carboxylic acids is 2. The molecule has 0 atom stereocenters. The fourth-order valence-electron chi connectivity index (χ4n) is 5.22. The fourth-order valence-corrected chi connectivity index (χ4v) is 9.57. The monoisotopic (exact) mass is 585 g/mol. The number of benzene rings is 5. The highest BCUT2D eigenvalue weighted by Gasteiger charge is 2.56. The second-order valence-corrected chi connectivity index (χ2v) is 13.1. The van der Waals surface area contributed by atoms with Crippen molar-refractivity contribution in [3.8, 4) is 11.5 Å². The fraction of sp³-hybridized carbons (Fsp3) is 0. The van der Waals surface area contributed by atoms with Crippen LogP contribution in [-0.2, 0) is 9.59 Å². The Kier molecular flexibility index (Phi) is 7.69. The summed E-state index contributed by atoms with van der Waals surface area (Å²) >= 11 is 0. The maximum absolute atomic E-state index is 15.6. The normalized spacial score (nSPS) is 13.7. The van der Waals surface area contributed by atoms with Gasteiger partial charge in [-0.25, -0.2) is 4.39 Å². The average Bonchev–Trinajstić information content (AvgIpc) is 3.07. The third kappa shape index (κ3) is 5.14. The van der Waals surface area contributed by atoms with Gasteiger partial charge in [0.25, 0.3) is 11.6 Å². The van der Waals surface area contributed by atoms with Crippen LogP contribution < -0.4 is 31.1 Å². The molecule has 0 fully saturated rings. The van der Waals surface area contributed by atoms with Crippen molar-refractivity contribution in [1.82, 2.24) is 0 Å². The summed E-state index contributed by atoms with van der Waals surface area (Å²) < 4.78 is 21.4. The molecule has 6 rings (SSSR count). The third-order valence-corrected chi connectivity index (χ3v) is 11.4. The van der Waals surface area contributed by atoms with Crippen LogP contribution in [0.15, 0.2) is 168 Å². The number of allylic oxidation sites excluding steroid dienone is 2. The lowest BCUT2D eigenvalue weighted by atomic mass is 10.1. The molecular formula is C36H25FNO4P. The molecule has 0 saturated carbocycles. The molecule has 5 aromatic carbocycles. The minimum absolute atomic E-state index is 0.242. The van der Waals surface area contributed by atoms with Crippen LogP contribution in [0.4, 0.5) is 10.1 Å². The van der Waals surface area contributed by atoms with Gasteiger partial charge in [0, 0.05) is 5.69 Å². The van der Waals surface area contributed by atoms with Crippen molar-refractivity contribution in [2.24, 2.45) is 0 Å². The second-order valence-electron chi connectivity index (χ2n) is 9.77. The van der Waals surface area contributed by atoms with E-state index in [0.717, 1.165) is 0 Å². The minimum Gasteiger partial charge on any atom is -0.868 e. The molecule has 0 bridgehead atoms. The Labute approximate surface area is 248 Å². The Morgan fingerprint density at radius 3 is 1.44 bits per heavy atom. The zero-order valence-electron chi connectivity index (χ0n) is 22.8. The van der Waals surface area contributed by atoms with Crippen LogP contribution in [0, 0.1) is 0 Å². The zero-order chi connectivity index (χ0) is 29.8. The Morgan fingerprint density at radius 2 is 0.977 bits per heavy atom. The number of ketones is 2. The van der Waals surface area contributed by atoms with Gasteiger partial charge in [-0.3, -0.25) is 9.59 Å². The van der Waals surface area contributed by atoms with E-state index in [1.54, 1.807) is 24.3 Å². The molecule has 0 aromatic heterocycles. The Hall–Kier alpha value is -5.32. The van der Waals surface area contributed by atoms with Crippen LogP contribution >= 0.6 is 7.26 Å². The highest BCUT2D eigenvalue weighted by atomic mass is 31.2. The number of ether oxygens (including phenoxy) is 1. The SMILES string of the molecule is O=C1C(=O)C([P+](c2ccccc2)(c2ccccc2)c2ccccc2)=C([O-])C(Nc2ccc(Oc3ccccc3)cc2)=C1F. The van der Waals surface area contributed by atoms with E-state index in [2.05, 4.69) is 5.32 Å². The van der Waals surface area contributed by atoms with Crippen molar-refractivity contribution >= 4 is 40.4 Å². The van der Waals surface area contributed by atoms with Crippen molar-refractivity contribution < 1.29 is 23.8 Å². The third-order valence-electron chi connectivity index (χ3n) is 7.15.